The summed E-state index contributed by atoms with van der Waals surface area (Å²) in [6, 6.07) is 19.1. The maximum absolute atomic E-state index is 11.8. The van der Waals surface area contributed by atoms with Gasteiger partial charge < -0.3 is 9.84 Å². The van der Waals surface area contributed by atoms with E-state index in [1.54, 1.807) is 24.5 Å². The number of carboxylic acid groups (broad SMARTS) is 1. The van der Waals surface area contributed by atoms with Gasteiger partial charge in [-0.05, 0) is 47.9 Å². The van der Waals surface area contributed by atoms with E-state index >= 15 is 0 Å². The lowest BCUT2D eigenvalue weighted by Gasteiger charge is -2.11. The van der Waals surface area contributed by atoms with Crippen molar-refractivity contribution in [1.29, 1.82) is 0 Å². The number of hydrogen-bond acceptors (Lipinski definition) is 4. The number of aromatic nitrogens is 1. The van der Waals surface area contributed by atoms with Crippen LogP contribution < -0.4 is 4.74 Å². The maximum atomic E-state index is 11.8. The van der Waals surface area contributed by atoms with Crippen LogP contribution in [0.15, 0.2) is 78.0 Å². The van der Waals surface area contributed by atoms with Crippen LogP contribution in [0, 0.1) is 0 Å². The van der Waals surface area contributed by atoms with Crippen LogP contribution in [0.5, 0.6) is 5.75 Å². The zero-order valence-electron chi connectivity index (χ0n) is 16.0. The number of aliphatic imine (C=N–C) groups is 1. The molecular weight excluding hydrogens is 364 g/mol. The molecule has 0 fully saturated rings. The lowest BCUT2D eigenvalue weighted by Crippen LogP contribution is -2.04. The smallest absolute Gasteiger partial charge is 0.339 e. The monoisotopic (exact) mass is 384 g/mol. The average molecular weight is 384 g/mol. The molecule has 0 bridgehead atoms. The minimum Gasteiger partial charge on any atom is -0.493 e. The van der Waals surface area contributed by atoms with Crippen molar-refractivity contribution >= 4 is 23.0 Å². The number of nitrogens with zero attached hydrogens (tertiary/aromatic N) is 2. The molecule has 1 aromatic heterocycles. The zero-order chi connectivity index (χ0) is 20.2. The van der Waals surface area contributed by atoms with Crippen LogP contribution in [-0.2, 0) is 0 Å². The molecule has 2 heterocycles. The van der Waals surface area contributed by atoms with E-state index < -0.39 is 5.97 Å². The third-order valence-electron chi connectivity index (χ3n) is 4.80. The van der Waals surface area contributed by atoms with Crippen molar-refractivity contribution in [2.45, 2.75) is 13.3 Å². The second-order valence-corrected chi connectivity index (χ2v) is 6.61. The number of carboxylic acids is 1. The van der Waals surface area contributed by atoms with Crippen molar-refractivity contribution in [3.8, 4) is 5.75 Å². The van der Waals surface area contributed by atoms with Gasteiger partial charge in [-0.1, -0.05) is 36.4 Å². The van der Waals surface area contributed by atoms with Gasteiger partial charge >= 0.3 is 5.97 Å². The van der Waals surface area contributed by atoms with Crippen molar-refractivity contribution in [3.63, 3.8) is 0 Å². The van der Waals surface area contributed by atoms with Gasteiger partial charge in [-0.25, -0.2) is 4.79 Å². The molecule has 0 atom stereocenters. The summed E-state index contributed by atoms with van der Waals surface area (Å²) in [5.41, 5.74) is 5.77. The van der Waals surface area contributed by atoms with Crippen LogP contribution in [0.25, 0.3) is 11.3 Å². The molecule has 0 radical (unpaired) electrons. The van der Waals surface area contributed by atoms with Gasteiger partial charge in [-0.2, -0.15) is 0 Å². The van der Waals surface area contributed by atoms with Gasteiger partial charge in [0, 0.05) is 24.4 Å². The molecule has 1 aliphatic heterocycles. The van der Waals surface area contributed by atoms with Crippen LogP contribution in [0.3, 0.4) is 0 Å². The number of carbonyl (C=O) groups is 1. The van der Waals surface area contributed by atoms with Crippen LogP contribution >= 0.6 is 0 Å². The van der Waals surface area contributed by atoms with E-state index in [4.69, 9.17) is 9.73 Å². The molecule has 0 saturated heterocycles. The maximum Gasteiger partial charge on any atom is 0.339 e. The predicted molar refractivity (Wildman–Crippen MR) is 113 cm³/mol. The Morgan fingerprint density at radius 2 is 1.76 bits per heavy atom. The standard InChI is InChI=1S/C24H20N2O3/c1-2-29-22-9-8-18(14-20(22)24(27)28)19-15-21(16-6-4-3-5-7-16)26-23(19)17-10-12-25-13-11-17/h3-14H,2,15H2,1H3,(H,27,28). The van der Waals surface area contributed by atoms with E-state index in [1.807, 2.05) is 55.5 Å². The zero-order valence-corrected chi connectivity index (χ0v) is 16.0. The Labute approximate surface area is 169 Å². The molecule has 5 nitrogen and oxygen atoms in total. The molecule has 2 aromatic carbocycles. The lowest BCUT2D eigenvalue weighted by atomic mass is 9.95. The minimum atomic E-state index is -1.01. The highest BCUT2D eigenvalue weighted by Crippen LogP contribution is 2.38. The molecule has 0 unspecified atom stereocenters. The summed E-state index contributed by atoms with van der Waals surface area (Å²) in [4.78, 5) is 20.8. The summed E-state index contributed by atoms with van der Waals surface area (Å²) in [5, 5.41) is 9.64. The summed E-state index contributed by atoms with van der Waals surface area (Å²) in [5.74, 6) is -0.638. The first-order valence-corrected chi connectivity index (χ1v) is 9.44. The van der Waals surface area contributed by atoms with Crippen LogP contribution in [-0.4, -0.2) is 28.4 Å². The van der Waals surface area contributed by atoms with Gasteiger partial charge in [0.05, 0.1) is 18.0 Å². The second kappa shape index (κ2) is 8.10. The third kappa shape index (κ3) is 3.80. The van der Waals surface area contributed by atoms with Crippen molar-refractivity contribution < 1.29 is 14.6 Å². The number of rotatable bonds is 6. The van der Waals surface area contributed by atoms with Crippen molar-refractivity contribution in [3.05, 3.63) is 95.3 Å². The van der Waals surface area contributed by atoms with E-state index in [2.05, 4.69) is 4.98 Å². The number of allylic oxidation sites excluding steroid dienone is 1. The van der Waals surface area contributed by atoms with Crippen LogP contribution in [0.2, 0.25) is 0 Å². The largest absolute Gasteiger partial charge is 0.493 e. The Kier molecular flexibility index (Phi) is 5.20. The highest BCUT2D eigenvalue weighted by atomic mass is 16.5. The molecule has 29 heavy (non-hydrogen) atoms. The fourth-order valence-electron chi connectivity index (χ4n) is 3.44. The van der Waals surface area contributed by atoms with Crippen LogP contribution in [0.1, 0.15) is 40.4 Å². The summed E-state index contributed by atoms with van der Waals surface area (Å²) in [6.07, 6.45) is 4.09. The molecule has 1 N–H and O–H groups in total. The molecule has 0 aliphatic carbocycles. The topological polar surface area (TPSA) is 71.8 Å². The van der Waals surface area contributed by atoms with Gasteiger partial charge in [-0.3, -0.25) is 9.98 Å². The molecule has 1 aliphatic rings. The molecule has 4 rings (SSSR count). The predicted octanol–water partition coefficient (Wildman–Crippen LogP) is 4.94. The molecule has 144 valence electrons. The number of hydrogen-bond donors (Lipinski definition) is 1. The van der Waals surface area contributed by atoms with Gasteiger partial charge in [-0.15, -0.1) is 0 Å². The lowest BCUT2D eigenvalue weighted by molar-refractivity contribution is 0.0692. The number of ether oxygens (including phenoxy) is 1. The van der Waals surface area contributed by atoms with E-state index in [-0.39, 0.29) is 5.56 Å². The Balaban J connectivity index is 1.82. The molecule has 0 spiro atoms. The fraction of sp³-hybridized carbons (Fsp3) is 0.125. The van der Waals surface area contributed by atoms with Gasteiger partial charge in [0.2, 0.25) is 0 Å². The average Bonchev–Trinajstić information content (AvgIpc) is 3.21. The quantitative estimate of drug-likeness (QED) is 0.653. The van der Waals surface area contributed by atoms with Gasteiger partial charge in [0.15, 0.2) is 0 Å². The van der Waals surface area contributed by atoms with Crippen molar-refractivity contribution in [2.75, 3.05) is 6.61 Å². The number of pyridine rings is 1. The van der Waals surface area contributed by atoms with E-state index in [1.165, 1.54) is 0 Å². The number of aromatic carboxylic acids is 1. The first kappa shape index (κ1) is 18.6. The second-order valence-electron chi connectivity index (χ2n) is 6.61. The molecule has 0 saturated carbocycles. The highest BCUT2D eigenvalue weighted by molar-refractivity contribution is 6.17. The Hall–Kier alpha value is -3.73. The summed E-state index contributed by atoms with van der Waals surface area (Å²) in [6.45, 7) is 2.24. The SMILES string of the molecule is CCOc1ccc(C2=C(c3ccncc3)N=C(c3ccccc3)C2)cc1C(=O)O. The van der Waals surface area contributed by atoms with Gasteiger partial charge in [0.25, 0.3) is 0 Å². The van der Waals surface area contributed by atoms with E-state index in [9.17, 15) is 9.90 Å². The first-order valence-electron chi connectivity index (χ1n) is 9.44. The minimum absolute atomic E-state index is 0.152. The Morgan fingerprint density at radius 1 is 1.00 bits per heavy atom. The molecular formula is C24H20N2O3. The highest BCUT2D eigenvalue weighted by Gasteiger charge is 2.23. The normalized spacial score (nSPS) is 13.3. The Bertz CT molecular complexity index is 1100. The van der Waals surface area contributed by atoms with Crippen LogP contribution in [0.4, 0.5) is 0 Å². The molecule has 5 heteroatoms. The van der Waals surface area contributed by atoms with Crippen molar-refractivity contribution in [2.24, 2.45) is 4.99 Å². The first-order chi connectivity index (χ1) is 14.2. The summed E-state index contributed by atoms with van der Waals surface area (Å²) < 4.78 is 5.48. The third-order valence-corrected chi connectivity index (χ3v) is 4.80. The molecule has 0 amide bonds. The Morgan fingerprint density at radius 3 is 2.45 bits per heavy atom. The number of benzene rings is 2. The van der Waals surface area contributed by atoms with E-state index in [0.29, 0.717) is 18.8 Å². The van der Waals surface area contributed by atoms with Gasteiger partial charge in [0.1, 0.15) is 11.3 Å². The van der Waals surface area contributed by atoms with E-state index in [0.717, 1.165) is 33.7 Å². The summed E-state index contributed by atoms with van der Waals surface area (Å²) >= 11 is 0. The fourth-order valence-corrected chi connectivity index (χ4v) is 3.44. The summed E-state index contributed by atoms with van der Waals surface area (Å²) in [7, 11) is 0. The molecule has 3 aromatic rings. The van der Waals surface area contributed by atoms with Crippen molar-refractivity contribution in [1.82, 2.24) is 4.98 Å².